The van der Waals surface area contributed by atoms with Crippen molar-refractivity contribution < 1.29 is 17.9 Å². The first-order valence-corrected chi connectivity index (χ1v) is 7.09. The second kappa shape index (κ2) is 7.69. The predicted molar refractivity (Wildman–Crippen MR) is 80.2 cm³/mol. The van der Waals surface area contributed by atoms with Gasteiger partial charge in [-0.2, -0.15) is 0 Å². The number of halogens is 3. The topological polar surface area (TPSA) is 9.23 Å². The zero-order valence-corrected chi connectivity index (χ0v) is 12.1. The molecule has 2 rings (SSSR count). The van der Waals surface area contributed by atoms with Crippen molar-refractivity contribution in [3.8, 4) is 5.75 Å². The zero-order valence-electron chi connectivity index (χ0n) is 12.1. The number of unbranched alkanes of at least 4 members (excludes halogenated alkanes) is 1. The van der Waals surface area contributed by atoms with Crippen molar-refractivity contribution in [2.75, 3.05) is 0 Å². The number of ether oxygens (including phenoxy) is 1. The SMILES string of the molecule is C=CCCCC(Oc1cc(F)c(F)c(F)c1)c1ccccc1. The number of allylic oxidation sites excluding steroid dienone is 1. The van der Waals surface area contributed by atoms with Crippen molar-refractivity contribution in [2.24, 2.45) is 0 Å². The van der Waals surface area contributed by atoms with Crippen LogP contribution in [-0.4, -0.2) is 0 Å². The maximum atomic E-state index is 13.3. The van der Waals surface area contributed by atoms with Gasteiger partial charge in [0.25, 0.3) is 0 Å². The van der Waals surface area contributed by atoms with Crippen molar-refractivity contribution in [2.45, 2.75) is 25.4 Å². The number of hydrogen-bond donors (Lipinski definition) is 0. The van der Waals surface area contributed by atoms with Crippen LogP contribution in [0, 0.1) is 17.5 Å². The molecule has 0 fully saturated rings. The molecule has 22 heavy (non-hydrogen) atoms. The summed E-state index contributed by atoms with van der Waals surface area (Å²) in [5, 5.41) is 0. The summed E-state index contributed by atoms with van der Waals surface area (Å²) in [5.41, 5.74) is 0.900. The highest BCUT2D eigenvalue weighted by Crippen LogP contribution is 2.28. The molecule has 0 spiro atoms. The molecule has 0 aliphatic heterocycles. The monoisotopic (exact) mass is 306 g/mol. The molecule has 0 saturated carbocycles. The smallest absolute Gasteiger partial charge is 0.194 e. The van der Waals surface area contributed by atoms with Crippen LogP contribution >= 0.6 is 0 Å². The Labute approximate surface area is 128 Å². The lowest BCUT2D eigenvalue weighted by atomic mass is 10.0. The van der Waals surface area contributed by atoms with Gasteiger partial charge in [-0.1, -0.05) is 36.4 Å². The quantitative estimate of drug-likeness (QED) is 0.368. The molecule has 0 amide bonds. The normalized spacial score (nSPS) is 12.0. The molecule has 0 heterocycles. The van der Waals surface area contributed by atoms with Crippen molar-refractivity contribution in [1.82, 2.24) is 0 Å². The molecule has 0 N–H and O–H groups in total. The molecule has 0 aromatic heterocycles. The Morgan fingerprint density at radius 2 is 1.68 bits per heavy atom. The van der Waals surface area contributed by atoms with Crippen LogP contribution in [-0.2, 0) is 0 Å². The first-order valence-electron chi connectivity index (χ1n) is 7.09. The van der Waals surface area contributed by atoms with E-state index < -0.39 is 17.5 Å². The van der Waals surface area contributed by atoms with Gasteiger partial charge in [0, 0.05) is 12.1 Å². The summed E-state index contributed by atoms with van der Waals surface area (Å²) in [6.45, 7) is 3.67. The zero-order chi connectivity index (χ0) is 15.9. The van der Waals surface area contributed by atoms with Gasteiger partial charge >= 0.3 is 0 Å². The van der Waals surface area contributed by atoms with E-state index in [0.717, 1.165) is 30.5 Å². The van der Waals surface area contributed by atoms with E-state index in [1.165, 1.54) is 0 Å². The molecule has 116 valence electrons. The standard InChI is InChI=1S/C18H17F3O/c1-2-3-5-10-17(13-8-6-4-7-9-13)22-14-11-15(19)18(21)16(20)12-14/h2,4,6-9,11-12,17H,1,3,5,10H2. The van der Waals surface area contributed by atoms with Gasteiger partial charge in [0.1, 0.15) is 11.9 Å². The van der Waals surface area contributed by atoms with Gasteiger partial charge in [0.05, 0.1) is 0 Å². The van der Waals surface area contributed by atoms with Gasteiger partial charge in [-0.05, 0) is 24.8 Å². The molecule has 0 aliphatic rings. The number of benzene rings is 2. The minimum absolute atomic E-state index is 0.0242. The van der Waals surface area contributed by atoms with Gasteiger partial charge < -0.3 is 4.74 Å². The highest BCUT2D eigenvalue weighted by Gasteiger charge is 2.16. The molecule has 1 nitrogen and oxygen atoms in total. The Morgan fingerprint density at radius 3 is 2.27 bits per heavy atom. The second-order valence-corrected chi connectivity index (χ2v) is 4.94. The van der Waals surface area contributed by atoms with Gasteiger partial charge in [0.15, 0.2) is 17.5 Å². The van der Waals surface area contributed by atoms with Crippen LogP contribution in [0.2, 0.25) is 0 Å². The lowest BCUT2D eigenvalue weighted by Crippen LogP contribution is -2.08. The summed E-state index contributed by atoms with van der Waals surface area (Å²) >= 11 is 0. The van der Waals surface area contributed by atoms with E-state index in [2.05, 4.69) is 6.58 Å². The number of hydrogen-bond acceptors (Lipinski definition) is 1. The van der Waals surface area contributed by atoms with Crippen LogP contribution in [0.25, 0.3) is 0 Å². The van der Waals surface area contributed by atoms with E-state index in [1.54, 1.807) is 6.08 Å². The largest absolute Gasteiger partial charge is 0.486 e. The molecule has 1 unspecified atom stereocenters. The maximum Gasteiger partial charge on any atom is 0.194 e. The molecule has 2 aromatic rings. The third-order valence-electron chi connectivity index (χ3n) is 3.28. The van der Waals surface area contributed by atoms with Crippen LogP contribution in [0.4, 0.5) is 13.2 Å². The molecular weight excluding hydrogens is 289 g/mol. The fourth-order valence-corrected chi connectivity index (χ4v) is 2.17. The van der Waals surface area contributed by atoms with Crippen LogP contribution in [0.1, 0.15) is 30.9 Å². The van der Waals surface area contributed by atoms with Gasteiger partial charge in [-0.25, -0.2) is 13.2 Å². The average molecular weight is 306 g/mol. The van der Waals surface area contributed by atoms with Gasteiger partial charge in [-0.3, -0.25) is 0 Å². The van der Waals surface area contributed by atoms with E-state index in [1.807, 2.05) is 30.3 Å². The van der Waals surface area contributed by atoms with Crippen molar-refractivity contribution in [3.05, 3.63) is 78.1 Å². The van der Waals surface area contributed by atoms with Crippen molar-refractivity contribution in [1.29, 1.82) is 0 Å². The Hall–Kier alpha value is -2.23. The minimum atomic E-state index is -1.49. The first-order chi connectivity index (χ1) is 10.6. The van der Waals surface area contributed by atoms with Crippen LogP contribution in [0.15, 0.2) is 55.1 Å². The third-order valence-corrected chi connectivity index (χ3v) is 3.28. The lowest BCUT2D eigenvalue weighted by molar-refractivity contribution is 0.190. The van der Waals surface area contributed by atoms with E-state index >= 15 is 0 Å². The minimum Gasteiger partial charge on any atom is -0.486 e. The summed E-state index contributed by atoms with van der Waals surface area (Å²) in [5.74, 6) is -4.03. The van der Waals surface area contributed by atoms with E-state index in [4.69, 9.17) is 4.74 Å². The Balaban J connectivity index is 2.20. The van der Waals surface area contributed by atoms with E-state index in [0.29, 0.717) is 6.42 Å². The second-order valence-electron chi connectivity index (χ2n) is 4.94. The van der Waals surface area contributed by atoms with E-state index in [9.17, 15) is 13.2 Å². The van der Waals surface area contributed by atoms with Crippen LogP contribution < -0.4 is 4.74 Å². The molecule has 2 aromatic carbocycles. The maximum absolute atomic E-state index is 13.3. The highest BCUT2D eigenvalue weighted by atomic mass is 19.2. The van der Waals surface area contributed by atoms with Crippen molar-refractivity contribution >= 4 is 0 Å². The Bertz CT molecular complexity index is 602. The Kier molecular flexibility index (Phi) is 5.64. The summed E-state index contributed by atoms with van der Waals surface area (Å²) in [7, 11) is 0. The lowest BCUT2D eigenvalue weighted by Gasteiger charge is -2.19. The van der Waals surface area contributed by atoms with Crippen LogP contribution in [0.3, 0.4) is 0 Å². The number of rotatable bonds is 7. The molecule has 0 saturated heterocycles. The Morgan fingerprint density at radius 1 is 1.05 bits per heavy atom. The third kappa shape index (κ3) is 4.13. The van der Waals surface area contributed by atoms with E-state index in [-0.39, 0.29) is 11.9 Å². The van der Waals surface area contributed by atoms with Gasteiger partial charge in [-0.15, -0.1) is 6.58 Å². The van der Waals surface area contributed by atoms with Crippen molar-refractivity contribution in [3.63, 3.8) is 0 Å². The fourth-order valence-electron chi connectivity index (χ4n) is 2.17. The first kappa shape index (κ1) is 16.1. The fraction of sp³-hybridized carbons (Fsp3) is 0.222. The summed E-state index contributed by atoms with van der Waals surface area (Å²) in [4.78, 5) is 0. The van der Waals surface area contributed by atoms with Gasteiger partial charge in [0.2, 0.25) is 0 Å². The highest BCUT2D eigenvalue weighted by molar-refractivity contribution is 5.27. The summed E-state index contributed by atoms with van der Waals surface area (Å²) < 4.78 is 45.3. The molecule has 4 heteroatoms. The predicted octanol–water partition coefficient (Wildman–Crippen LogP) is 5.58. The molecule has 0 aliphatic carbocycles. The average Bonchev–Trinajstić information content (AvgIpc) is 2.52. The molecular formula is C18H17F3O. The van der Waals surface area contributed by atoms with Crippen LogP contribution in [0.5, 0.6) is 5.75 Å². The summed E-state index contributed by atoms with van der Waals surface area (Å²) in [6, 6.07) is 11.1. The summed E-state index contributed by atoms with van der Waals surface area (Å²) in [6.07, 6.45) is 3.76. The molecule has 0 bridgehead atoms. The molecule has 0 radical (unpaired) electrons. The molecule has 1 atom stereocenters.